The maximum absolute atomic E-state index is 13.3. The summed E-state index contributed by atoms with van der Waals surface area (Å²) in [6.45, 7) is 2.00. The minimum Gasteiger partial charge on any atom is -0.298 e. The second-order valence-corrected chi connectivity index (χ2v) is 11.0. The summed E-state index contributed by atoms with van der Waals surface area (Å²) in [5.74, 6) is -0.347. The molecule has 0 saturated heterocycles. The molecule has 0 aliphatic heterocycles. The molecule has 2 heterocycles. The monoisotopic (exact) mass is 488 g/mol. The van der Waals surface area contributed by atoms with Gasteiger partial charge >= 0.3 is 0 Å². The molecule has 9 heteroatoms. The van der Waals surface area contributed by atoms with Gasteiger partial charge in [-0.2, -0.15) is 5.10 Å². The number of nitrogens with one attached hydrogen (secondary N) is 1. The highest BCUT2D eigenvalue weighted by molar-refractivity contribution is 7.90. The predicted octanol–water partition coefficient (Wildman–Crippen LogP) is 5.11. The Morgan fingerprint density at radius 2 is 1.74 bits per heavy atom. The van der Waals surface area contributed by atoms with Crippen LogP contribution in [-0.2, 0) is 9.84 Å². The molecular weight excluding hydrogens is 468 g/mol. The normalized spacial score (nSPS) is 11.6. The van der Waals surface area contributed by atoms with Crippen molar-refractivity contribution in [3.8, 4) is 16.9 Å². The number of thiazole rings is 1. The van der Waals surface area contributed by atoms with Crippen molar-refractivity contribution in [1.29, 1.82) is 0 Å². The van der Waals surface area contributed by atoms with Crippen molar-refractivity contribution in [2.75, 3.05) is 11.6 Å². The lowest BCUT2D eigenvalue weighted by atomic mass is 10.1. The fourth-order valence-corrected chi connectivity index (χ4v) is 5.15. The van der Waals surface area contributed by atoms with Crippen molar-refractivity contribution in [1.82, 2.24) is 14.8 Å². The molecule has 1 N–H and O–H groups in total. The summed E-state index contributed by atoms with van der Waals surface area (Å²) in [4.78, 5) is 18.0. The summed E-state index contributed by atoms with van der Waals surface area (Å²) in [5, 5.41) is 7.94. The third kappa shape index (κ3) is 4.35. The van der Waals surface area contributed by atoms with Crippen molar-refractivity contribution in [2.24, 2.45) is 0 Å². The van der Waals surface area contributed by atoms with Crippen LogP contribution in [0.15, 0.2) is 83.9 Å². The number of carbonyl (C=O) groups excluding carboxylic acids is 1. The zero-order valence-corrected chi connectivity index (χ0v) is 20.0. The third-order valence-electron chi connectivity index (χ3n) is 5.31. The zero-order valence-electron chi connectivity index (χ0n) is 18.4. The van der Waals surface area contributed by atoms with Crippen LogP contribution < -0.4 is 5.32 Å². The lowest BCUT2D eigenvalue weighted by Crippen LogP contribution is -2.12. The number of benzene rings is 3. The first-order chi connectivity index (χ1) is 16.3. The van der Waals surface area contributed by atoms with Crippen LogP contribution in [0.4, 0.5) is 5.13 Å². The van der Waals surface area contributed by atoms with Gasteiger partial charge in [-0.25, -0.2) is 18.1 Å². The van der Waals surface area contributed by atoms with Crippen molar-refractivity contribution < 1.29 is 13.2 Å². The Balaban J connectivity index is 1.52. The Morgan fingerprint density at radius 1 is 1.00 bits per heavy atom. The van der Waals surface area contributed by atoms with E-state index in [-0.39, 0.29) is 10.8 Å². The smallest absolute Gasteiger partial charge is 0.261 e. The van der Waals surface area contributed by atoms with Crippen LogP contribution in [-0.4, -0.2) is 35.3 Å². The standard InChI is InChI=1S/C25H20N4O3S2/c1-16-8-10-17(11-9-16)23-20(15-29(28-23)18-6-4-3-5-7-18)24(30)27-25-26-21-13-12-19(34(2,31)32)14-22(21)33-25/h3-15H,1-2H3,(H,26,27,30). The molecule has 3 aromatic carbocycles. The summed E-state index contributed by atoms with van der Waals surface area (Å²) in [6.07, 6.45) is 2.86. The number of sulfone groups is 1. The van der Waals surface area contributed by atoms with E-state index < -0.39 is 9.84 Å². The summed E-state index contributed by atoms with van der Waals surface area (Å²) in [5.41, 5.74) is 4.35. The van der Waals surface area contributed by atoms with Gasteiger partial charge in [-0.3, -0.25) is 10.1 Å². The Hall–Kier alpha value is -3.82. The molecule has 0 radical (unpaired) electrons. The van der Waals surface area contributed by atoms with Crippen molar-refractivity contribution in [2.45, 2.75) is 11.8 Å². The molecule has 2 aromatic heterocycles. The van der Waals surface area contributed by atoms with Crippen LogP contribution in [0.3, 0.4) is 0 Å². The Bertz CT molecular complexity index is 1620. The van der Waals surface area contributed by atoms with E-state index in [0.717, 1.165) is 23.1 Å². The molecule has 0 spiro atoms. The Kier molecular flexibility index (Phi) is 5.51. The lowest BCUT2D eigenvalue weighted by Gasteiger charge is -2.03. The molecule has 0 aliphatic rings. The van der Waals surface area contributed by atoms with Crippen molar-refractivity contribution in [3.63, 3.8) is 0 Å². The molecule has 5 rings (SSSR count). The molecule has 0 atom stereocenters. The number of hydrogen-bond donors (Lipinski definition) is 1. The highest BCUT2D eigenvalue weighted by atomic mass is 32.2. The van der Waals surface area contributed by atoms with Gasteiger partial charge < -0.3 is 0 Å². The van der Waals surface area contributed by atoms with Gasteiger partial charge in [0.2, 0.25) is 0 Å². The highest BCUT2D eigenvalue weighted by Gasteiger charge is 2.20. The number of fused-ring (bicyclic) bond motifs is 1. The van der Waals surface area contributed by atoms with Crippen LogP contribution in [0.5, 0.6) is 0 Å². The molecule has 0 bridgehead atoms. The maximum Gasteiger partial charge on any atom is 0.261 e. The van der Waals surface area contributed by atoms with Gasteiger partial charge in [-0.15, -0.1) is 0 Å². The minimum absolute atomic E-state index is 0.215. The molecule has 7 nitrogen and oxygen atoms in total. The van der Waals surface area contributed by atoms with Gasteiger partial charge in [0, 0.05) is 18.0 Å². The van der Waals surface area contributed by atoms with Crippen LogP contribution in [0.25, 0.3) is 27.2 Å². The topological polar surface area (TPSA) is 93.9 Å². The number of para-hydroxylation sites is 1. The molecule has 34 heavy (non-hydrogen) atoms. The van der Waals surface area contributed by atoms with E-state index in [1.54, 1.807) is 23.0 Å². The predicted molar refractivity (Wildman–Crippen MR) is 134 cm³/mol. The lowest BCUT2D eigenvalue weighted by molar-refractivity contribution is 0.102. The fourth-order valence-electron chi connectivity index (χ4n) is 3.53. The van der Waals surface area contributed by atoms with E-state index in [4.69, 9.17) is 5.10 Å². The SMILES string of the molecule is Cc1ccc(-c2nn(-c3ccccc3)cc2C(=O)Nc2nc3ccc(S(C)(=O)=O)cc3s2)cc1. The van der Waals surface area contributed by atoms with E-state index in [0.29, 0.717) is 26.6 Å². The van der Waals surface area contributed by atoms with Crippen LogP contribution in [0.1, 0.15) is 15.9 Å². The maximum atomic E-state index is 13.3. The first-order valence-electron chi connectivity index (χ1n) is 10.4. The minimum atomic E-state index is -3.33. The number of aryl methyl sites for hydroxylation is 1. The summed E-state index contributed by atoms with van der Waals surface area (Å²) in [7, 11) is -3.33. The number of anilines is 1. The average Bonchev–Trinajstić information content (AvgIpc) is 3.43. The zero-order chi connectivity index (χ0) is 23.9. The molecule has 170 valence electrons. The van der Waals surface area contributed by atoms with Crippen LogP contribution in [0, 0.1) is 6.92 Å². The van der Waals surface area contributed by atoms with Gasteiger partial charge in [0.15, 0.2) is 15.0 Å². The molecule has 0 fully saturated rings. The largest absolute Gasteiger partial charge is 0.298 e. The van der Waals surface area contributed by atoms with Gasteiger partial charge in [0.05, 0.1) is 26.4 Å². The summed E-state index contributed by atoms with van der Waals surface area (Å²) in [6, 6.07) is 22.1. The molecule has 0 aliphatic carbocycles. The molecule has 5 aromatic rings. The van der Waals surface area contributed by atoms with E-state index in [2.05, 4.69) is 10.3 Å². The first kappa shape index (κ1) is 22.0. The Morgan fingerprint density at radius 3 is 2.44 bits per heavy atom. The van der Waals surface area contributed by atoms with Gasteiger partial charge in [0.1, 0.15) is 5.69 Å². The molecular formula is C25H20N4O3S2. The van der Waals surface area contributed by atoms with Crippen molar-refractivity contribution >= 4 is 42.4 Å². The second kappa shape index (κ2) is 8.51. The van der Waals surface area contributed by atoms with E-state index >= 15 is 0 Å². The number of hydrogen-bond acceptors (Lipinski definition) is 6. The average molecular weight is 489 g/mol. The Labute approximate surface area is 200 Å². The number of amides is 1. The number of aromatic nitrogens is 3. The number of carbonyl (C=O) groups is 1. The molecule has 0 saturated carbocycles. The van der Waals surface area contributed by atoms with E-state index in [9.17, 15) is 13.2 Å². The number of nitrogens with zero attached hydrogens (tertiary/aromatic N) is 3. The van der Waals surface area contributed by atoms with Gasteiger partial charge in [0.25, 0.3) is 5.91 Å². The number of rotatable bonds is 5. The second-order valence-electron chi connectivity index (χ2n) is 7.91. The first-order valence-corrected chi connectivity index (χ1v) is 13.1. The van der Waals surface area contributed by atoms with Crippen molar-refractivity contribution in [3.05, 3.63) is 90.1 Å². The van der Waals surface area contributed by atoms with E-state index in [1.807, 2.05) is 61.5 Å². The molecule has 1 amide bonds. The van der Waals surface area contributed by atoms with Crippen LogP contribution in [0.2, 0.25) is 0 Å². The fraction of sp³-hybridized carbons (Fsp3) is 0.0800. The summed E-state index contributed by atoms with van der Waals surface area (Å²) < 4.78 is 26.1. The van der Waals surface area contributed by atoms with Crippen LogP contribution >= 0.6 is 11.3 Å². The molecule has 0 unspecified atom stereocenters. The summed E-state index contributed by atoms with van der Waals surface area (Å²) >= 11 is 1.22. The van der Waals surface area contributed by atoms with Gasteiger partial charge in [-0.1, -0.05) is 59.4 Å². The van der Waals surface area contributed by atoms with Gasteiger partial charge in [-0.05, 0) is 37.3 Å². The quantitative estimate of drug-likeness (QED) is 0.371. The van der Waals surface area contributed by atoms with E-state index in [1.165, 1.54) is 17.4 Å². The highest BCUT2D eigenvalue weighted by Crippen LogP contribution is 2.30. The third-order valence-corrected chi connectivity index (χ3v) is 7.36.